The first-order chi connectivity index (χ1) is 54.8. The Bertz CT molecular complexity index is 4150. The fraction of sp³-hybridized carbons (Fsp3) is 0.461. The second-order valence-corrected chi connectivity index (χ2v) is 30.3. The zero-order valence-electron chi connectivity index (χ0n) is 63.8. The van der Waals surface area contributed by atoms with Crippen molar-refractivity contribution in [3.05, 3.63) is 144 Å². The summed E-state index contributed by atoms with van der Waals surface area (Å²) in [4.78, 5) is 219. The van der Waals surface area contributed by atoms with E-state index in [9.17, 15) is 78.0 Å². The Morgan fingerprint density at radius 2 is 0.826 bits per heavy atom. The molecular weight excluding hydrogens is 1530 g/mol. The molecule has 624 valence electrons. The molecule has 1 fully saturated rings. The predicted molar refractivity (Wildman–Crippen MR) is 425 cm³/mol. The van der Waals surface area contributed by atoms with Gasteiger partial charge in [0.15, 0.2) is 0 Å². The van der Waals surface area contributed by atoms with Crippen LogP contribution in [0.4, 0.5) is 0 Å². The summed E-state index contributed by atoms with van der Waals surface area (Å²) in [7, 11) is 1.40. The van der Waals surface area contributed by atoms with Crippen LogP contribution in [-0.4, -0.2) is 247 Å². The van der Waals surface area contributed by atoms with Crippen molar-refractivity contribution in [2.75, 3.05) is 37.7 Å². The number of aliphatic hydroxyl groups is 3. The quantitative estimate of drug-likeness (QED) is 0.0182. The van der Waals surface area contributed by atoms with Crippen molar-refractivity contribution in [1.82, 2.24) is 68.4 Å². The molecule has 0 saturated carbocycles. The van der Waals surface area contributed by atoms with Gasteiger partial charge in [0, 0.05) is 54.3 Å². The highest BCUT2D eigenvalue weighted by atomic mass is 33.1. The number of amides is 14. The van der Waals surface area contributed by atoms with E-state index < -0.39 is 210 Å². The number of aliphatic hydroxyl groups excluding tert-OH is 3. The molecule has 0 aliphatic carbocycles. The van der Waals surface area contributed by atoms with Crippen LogP contribution >= 0.6 is 21.6 Å². The molecule has 0 spiro atoms. The normalized spacial score (nSPS) is 23.8. The van der Waals surface area contributed by atoms with E-state index in [-0.39, 0.29) is 70.9 Å². The van der Waals surface area contributed by atoms with Crippen LogP contribution in [0.2, 0.25) is 0 Å². The number of fused-ring (bicyclic) bond motifs is 1. The topological polar surface area (TPSA) is 618 Å². The maximum Gasteiger partial charge on any atom is 0.327 e. The number of carboxylic acids is 1. The molecule has 115 heavy (non-hydrogen) atoms. The number of rotatable bonds is 26. The van der Waals surface area contributed by atoms with E-state index in [1.165, 1.54) is 6.92 Å². The molecule has 1 aromatic heterocycles. The van der Waals surface area contributed by atoms with Crippen LogP contribution in [-0.2, 0) is 97.6 Å². The summed E-state index contributed by atoms with van der Waals surface area (Å²) in [6.07, 6.45) is -3.66. The number of para-hydroxylation sites is 1. The zero-order chi connectivity index (χ0) is 84.4. The van der Waals surface area contributed by atoms with E-state index in [1.54, 1.807) is 121 Å². The number of aliphatic carboxylic acids is 1. The van der Waals surface area contributed by atoms with Gasteiger partial charge in [-0.25, -0.2) is 4.79 Å². The van der Waals surface area contributed by atoms with Gasteiger partial charge in [0.05, 0.1) is 31.3 Å². The average molecular weight is 1640 g/mol. The summed E-state index contributed by atoms with van der Waals surface area (Å²) < 4.78 is 0. The Hall–Kier alpha value is -11.1. The lowest BCUT2D eigenvalue weighted by Crippen LogP contribution is -2.63. The minimum absolute atomic E-state index is 0.0822. The van der Waals surface area contributed by atoms with E-state index in [1.807, 2.05) is 0 Å². The Morgan fingerprint density at radius 1 is 0.452 bits per heavy atom. The number of aromatic nitrogens is 1. The van der Waals surface area contributed by atoms with E-state index >= 15 is 14.4 Å². The summed E-state index contributed by atoms with van der Waals surface area (Å²) in [5.41, 5.74) is 31.6. The van der Waals surface area contributed by atoms with Crippen molar-refractivity contribution in [2.45, 2.75) is 182 Å². The Labute approximate surface area is 670 Å². The number of nitrogens with zero attached hydrogens (tertiary/aromatic N) is 1. The number of carbonyl (C=O) groups excluding carboxylic acids is 14. The van der Waals surface area contributed by atoms with Crippen LogP contribution in [0.25, 0.3) is 10.9 Å². The van der Waals surface area contributed by atoms with E-state index in [0.717, 1.165) is 13.8 Å². The van der Waals surface area contributed by atoms with Gasteiger partial charge in [0.1, 0.15) is 79.0 Å². The number of aromatic amines is 1. The van der Waals surface area contributed by atoms with Crippen molar-refractivity contribution < 1.29 is 92.3 Å². The Morgan fingerprint density at radius 3 is 1.26 bits per heavy atom. The first-order valence-electron chi connectivity index (χ1n) is 37.3. The molecule has 26 N–H and O–H groups in total. The van der Waals surface area contributed by atoms with Crippen LogP contribution in [0.1, 0.15) is 88.0 Å². The van der Waals surface area contributed by atoms with Crippen molar-refractivity contribution in [3.8, 4) is 0 Å². The molecule has 5 unspecified atom stereocenters. The molecule has 0 radical (unpaired) electrons. The molecule has 6 rings (SSSR count). The van der Waals surface area contributed by atoms with Crippen molar-refractivity contribution in [2.24, 2.45) is 28.7 Å². The highest BCUT2D eigenvalue weighted by molar-refractivity contribution is 8.76. The summed E-state index contributed by atoms with van der Waals surface area (Å²) in [6.45, 7) is 1.50. The monoisotopic (exact) mass is 1640 g/mol. The molecule has 15 atom stereocenters. The average Bonchev–Trinajstić information content (AvgIpc) is 1.45. The summed E-state index contributed by atoms with van der Waals surface area (Å²) in [5.74, 6) is -18.6. The van der Waals surface area contributed by atoms with Gasteiger partial charge in [0.25, 0.3) is 0 Å². The minimum atomic E-state index is -2.00. The molecule has 39 heteroatoms. The number of H-pyrrole nitrogens is 1. The van der Waals surface area contributed by atoms with Gasteiger partial charge in [-0.15, -0.1) is 0 Å². The largest absolute Gasteiger partial charge is 0.480 e. The fourth-order valence-corrected chi connectivity index (χ4v) is 14.6. The summed E-state index contributed by atoms with van der Waals surface area (Å²) >= 11 is 0. The molecule has 1 saturated heterocycles. The molecule has 1 aliphatic heterocycles. The van der Waals surface area contributed by atoms with E-state index in [0.29, 0.717) is 66.1 Å². The number of benzene rings is 4. The number of hydrogen-bond donors (Lipinski definition) is 21. The molecule has 4 aromatic carbocycles. The lowest BCUT2D eigenvalue weighted by Gasteiger charge is -2.32. The van der Waals surface area contributed by atoms with Gasteiger partial charge in [-0.1, -0.05) is 131 Å². The lowest BCUT2D eigenvalue weighted by molar-refractivity contribution is -0.143. The van der Waals surface area contributed by atoms with Crippen LogP contribution < -0.4 is 87.2 Å². The maximum atomic E-state index is 15.4. The number of unbranched alkanes of at least 4 members (excludes halogenated alkanes) is 2. The molecule has 5 aromatic rings. The SMILES string of the molecule is C[C@H](N)C(=O)N(CC(N)=O)C1CSSCC(C(=O)O)NC(=O)[C@H](CO)NC(=O)C([C@@H](C)O)NC(=O)[C@H](Cc2ccccc2)NC(=O)[C@H]([C@@H](C)O)NC(=O)[C@H](CCCCN)NC(=O)[C@H](Cc2c[nH]c3ccccc23)NC(=O)C(Cc2ccccc2)NC(=O)[C@H](Cc2ccccc2)NC(=O)C(CC(N)=O)NC(=O)[C@H](CCCCN)NC1=O. The van der Waals surface area contributed by atoms with Crippen molar-refractivity contribution in [3.63, 3.8) is 0 Å². The van der Waals surface area contributed by atoms with Gasteiger partial charge >= 0.3 is 5.97 Å². The lowest BCUT2D eigenvalue weighted by atomic mass is 10.00. The second kappa shape index (κ2) is 46.9. The van der Waals surface area contributed by atoms with Crippen LogP contribution in [0.3, 0.4) is 0 Å². The van der Waals surface area contributed by atoms with Gasteiger partial charge < -0.3 is 117 Å². The second-order valence-electron chi connectivity index (χ2n) is 27.7. The van der Waals surface area contributed by atoms with Crippen LogP contribution in [0.5, 0.6) is 0 Å². The van der Waals surface area contributed by atoms with Gasteiger partial charge in [-0.05, 0) is 101 Å². The molecule has 0 bridgehead atoms. The molecule has 1 aliphatic rings. The molecular formula is C76H104N18O19S2. The molecule has 14 amide bonds. The highest BCUT2D eigenvalue weighted by Crippen LogP contribution is 2.26. The number of primary amides is 2. The predicted octanol–water partition coefficient (Wildman–Crippen LogP) is -4.83. The number of carbonyl (C=O) groups is 15. The van der Waals surface area contributed by atoms with Gasteiger partial charge in [-0.3, -0.25) is 67.1 Å². The minimum Gasteiger partial charge on any atom is -0.480 e. The van der Waals surface area contributed by atoms with E-state index in [2.05, 4.69) is 63.5 Å². The third-order valence-corrected chi connectivity index (χ3v) is 20.9. The summed E-state index contributed by atoms with van der Waals surface area (Å²) in [5, 5.41) is 71.4. The van der Waals surface area contributed by atoms with Crippen molar-refractivity contribution >= 4 is 121 Å². The maximum absolute atomic E-state index is 15.4. The van der Waals surface area contributed by atoms with Crippen LogP contribution in [0, 0.1) is 0 Å². The van der Waals surface area contributed by atoms with Gasteiger partial charge in [0.2, 0.25) is 82.7 Å². The summed E-state index contributed by atoms with van der Waals surface area (Å²) in [6, 6.07) is 8.81. The standard InChI is InChI=1S/C76H104N18O19S2/c1-41(79)75(111)94(37-61(81)99)59-40-115-114-39-58(76(112)113)91-71(107)57(38-95)90-74(110)63(43(3)97)93-70(106)54(33-46-23-11-6-12-24-46)89-73(109)62(42(2)96)92-65(101)51(28-16-18-30-78)83-68(104)55(34-47-36-82-49-26-14-13-25-48(47)49)87-67(103)53(32-45-21-9-5-10-22-45)85-66(102)52(31-44-19-7-4-8-20-44)86-69(105)56(35-60(80)98)88-64(100)50(84-72(59)108)27-15-17-29-77/h4-14,19-26,36,41-43,50-59,62-63,82,95-97H,15-18,27-35,37-40,77-79H2,1-3H3,(H2,80,98)(H2,81,99)(H,83,104)(H,84,108)(H,85,102)(H,86,105)(H,87,103)(H,88,100)(H,89,109)(H,90,110)(H,91,107)(H,92,101)(H,93,106)(H,112,113)/t41-,42+,43+,50-,51-,52-,53?,54-,55-,56?,57-,58?,59?,62-,63?/m0/s1. The first kappa shape index (κ1) is 92.8. The first-order valence-corrected chi connectivity index (χ1v) is 39.8. The fourth-order valence-electron chi connectivity index (χ4n) is 12.3. The highest BCUT2D eigenvalue weighted by Gasteiger charge is 2.41. The Balaban J connectivity index is 1.49. The number of nitrogens with two attached hydrogens (primary N) is 5. The van der Waals surface area contributed by atoms with Crippen molar-refractivity contribution in [1.29, 1.82) is 0 Å². The third-order valence-electron chi connectivity index (χ3n) is 18.5. The number of hydrogen-bond acceptors (Lipinski definition) is 23. The Kier molecular flexibility index (Phi) is 37.9. The number of carboxylic acid groups (broad SMARTS) is 1. The van der Waals surface area contributed by atoms with Crippen LogP contribution in [0.15, 0.2) is 121 Å². The third kappa shape index (κ3) is 29.7. The smallest absolute Gasteiger partial charge is 0.327 e. The van der Waals surface area contributed by atoms with Gasteiger partial charge in [-0.2, -0.15) is 0 Å². The number of nitrogens with one attached hydrogen (secondary N) is 12. The molecule has 37 nitrogen and oxygen atoms in total. The van der Waals surface area contributed by atoms with E-state index in [4.69, 9.17) is 28.7 Å². The molecule has 2 heterocycles. The zero-order valence-corrected chi connectivity index (χ0v) is 65.4.